The van der Waals surface area contributed by atoms with Gasteiger partial charge in [0, 0.05) is 30.8 Å². The molecule has 0 aliphatic heterocycles. The SMILES string of the molecule is OCc1cc(Br)cc2c1[nH]c1ccc(Br)cc12. The molecular weight excluding hydrogens is 346 g/mol. The number of aromatic amines is 1. The van der Waals surface area contributed by atoms with Gasteiger partial charge in [0.15, 0.2) is 0 Å². The summed E-state index contributed by atoms with van der Waals surface area (Å²) in [4.78, 5) is 3.35. The highest BCUT2D eigenvalue weighted by Crippen LogP contribution is 2.32. The van der Waals surface area contributed by atoms with E-state index in [1.54, 1.807) is 0 Å². The summed E-state index contributed by atoms with van der Waals surface area (Å²) in [5.74, 6) is 0. The van der Waals surface area contributed by atoms with E-state index in [1.807, 2.05) is 18.2 Å². The van der Waals surface area contributed by atoms with Gasteiger partial charge >= 0.3 is 0 Å². The van der Waals surface area contributed by atoms with Crippen molar-refractivity contribution in [2.24, 2.45) is 0 Å². The van der Waals surface area contributed by atoms with Gasteiger partial charge in [0.1, 0.15) is 0 Å². The molecule has 4 heteroatoms. The number of H-pyrrole nitrogens is 1. The van der Waals surface area contributed by atoms with Crippen molar-refractivity contribution in [3.8, 4) is 0 Å². The van der Waals surface area contributed by atoms with E-state index in [1.165, 1.54) is 0 Å². The monoisotopic (exact) mass is 353 g/mol. The van der Waals surface area contributed by atoms with Crippen molar-refractivity contribution in [1.82, 2.24) is 4.98 Å². The largest absolute Gasteiger partial charge is 0.392 e. The number of halogens is 2. The number of hydrogen-bond donors (Lipinski definition) is 2. The minimum Gasteiger partial charge on any atom is -0.392 e. The van der Waals surface area contributed by atoms with Crippen LogP contribution in [0.15, 0.2) is 39.3 Å². The fraction of sp³-hybridized carbons (Fsp3) is 0.0769. The number of benzene rings is 2. The van der Waals surface area contributed by atoms with Gasteiger partial charge in [0.05, 0.1) is 12.1 Å². The minimum absolute atomic E-state index is 0.0317. The molecule has 0 unspecified atom stereocenters. The third kappa shape index (κ3) is 1.80. The van der Waals surface area contributed by atoms with Crippen LogP contribution >= 0.6 is 31.9 Å². The Morgan fingerprint density at radius 3 is 2.53 bits per heavy atom. The van der Waals surface area contributed by atoms with Gasteiger partial charge in [-0.05, 0) is 30.3 Å². The first-order valence-electron chi connectivity index (χ1n) is 5.19. The first-order chi connectivity index (χ1) is 8.19. The highest BCUT2D eigenvalue weighted by Gasteiger charge is 2.09. The van der Waals surface area contributed by atoms with Crippen LogP contribution in [0, 0.1) is 0 Å². The fourth-order valence-electron chi connectivity index (χ4n) is 2.13. The molecule has 0 aliphatic carbocycles. The number of aliphatic hydroxyl groups excluding tert-OH is 1. The summed E-state index contributed by atoms with van der Waals surface area (Å²) in [6.07, 6.45) is 0. The molecule has 0 atom stereocenters. The van der Waals surface area contributed by atoms with Crippen LogP contribution < -0.4 is 0 Å². The zero-order valence-electron chi connectivity index (χ0n) is 8.80. The Kier molecular flexibility index (Phi) is 2.73. The van der Waals surface area contributed by atoms with Gasteiger partial charge in [-0.3, -0.25) is 0 Å². The standard InChI is InChI=1S/C13H9Br2NO/c14-8-1-2-12-10(4-8)11-5-9(15)3-7(6-17)13(11)16-12/h1-5,16-17H,6H2. The van der Waals surface area contributed by atoms with Crippen LogP contribution in [0.5, 0.6) is 0 Å². The molecule has 0 aliphatic rings. The second-order valence-corrected chi connectivity index (χ2v) is 5.79. The predicted octanol–water partition coefficient (Wildman–Crippen LogP) is 4.34. The molecule has 17 heavy (non-hydrogen) atoms. The number of rotatable bonds is 1. The molecule has 0 radical (unpaired) electrons. The smallest absolute Gasteiger partial charge is 0.0702 e. The maximum absolute atomic E-state index is 9.39. The third-order valence-electron chi connectivity index (χ3n) is 2.89. The fourth-order valence-corrected chi connectivity index (χ4v) is 3.00. The van der Waals surface area contributed by atoms with E-state index in [0.29, 0.717) is 0 Å². The number of fused-ring (bicyclic) bond motifs is 3. The minimum atomic E-state index is 0.0317. The predicted molar refractivity (Wildman–Crippen MR) is 77.1 cm³/mol. The number of aliphatic hydroxyl groups is 1. The topological polar surface area (TPSA) is 36.0 Å². The molecule has 0 bridgehead atoms. The van der Waals surface area contributed by atoms with Crippen LogP contribution in [0.25, 0.3) is 21.8 Å². The van der Waals surface area contributed by atoms with Crippen molar-refractivity contribution in [2.75, 3.05) is 0 Å². The molecule has 1 aromatic heterocycles. The molecule has 0 saturated carbocycles. The lowest BCUT2D eigenvalue weighted by atomic mass is 10.1. The molecule has 3 aromatic rings. The zero-order chi connectivity index (χ0) is 12.0. The molecular formula is C13H9Br2NO. The summed E-state index contributed by atoms with van der Waals surface area (Å²) in [5, 5.41) is 11.7. The summed E-state index contributed by atoms with van der Waals surface area (Å²) in [6.45, 7) is 0.0317. The van der Waals surface area contributed by atoms with Gasteiger partial charge in [0.2, 0.25) is 0 Å². The van der Waals surface area contributed by atoms with Crippen molar-refractivity contribution in [3.05, 3.63) is 44.8 Å². The number of aromatic nitrogens is 1. The average molecular weight is 355 g/mol. The highest BCUT2D eigenvalue weighted by atomic mass is 79.9. The van der Waals surface area contributed by atoms with Crippen molar-refractivity contribution in [2.45, 2.75) is 6.61 Å². The van der Waals surface area contributed by atoms with Crippen LogP contribution in [-0.4, -0.2) is 10.1 Å². The van der Waals surface area contributed by atoms with Gasteiger partial charge in [0.25, 0.3) is 0 Å². The van der Waals surface area contributed by atoms with Gasteiger partial charge in [-0.25, -0.2) is 0 Å². The van der Waals surface area contributed by atoms with E-state index in [9.17, 15) is 5.11 Å². The summed E-state index contributed by atoms with van der Waals surface area (Å²) in [6, 6.07) is 10.1. The van der Waals surface area contributed by atoms with Crippen LogP contribution in [0.2, 0.25) is 0 Å². The first-order valence-corrected chi connectivity index (χ1v) is 6.78. The van der Waals surface area contributed by atoms with Crippen molar-refractivity contribution < 1.29 is 5.11 Å². The molecule has 1 heterocycles. The van der Waals surface area contributed by atoms with Crippen LogP contribution in [0.3, 0.4) is 0 Å². The normalized spacial score (nSPS) is 11.5. The molecule has 0 fully saturated rings. The van der Waals surface area contributed by atoms with E-state index in [2.05, 4.69) is 49.0 Å². The van der Waals surface area contributed by atoms with Crippen LogP contribution in [0.1, 0.15) is 5.56 Å². The molecule has 86 valence electrons. The summed E-state index contributed by atoms with van der Waals surface area (Å²) in [7, 11) is 0. The van der Waals surface area contributed by atoms with Crippen molar-refractivity contribution >= 4 is 53.7 Å². The molecule has 2 aromatic carbocycles. The number of nitrogens with one attached hydrogen (secondary N) is 1. The molecule has 0 amide bonds. The van der Waals surface area contributed by atoms with Crippen molar-refractivity contribution in [3.63, 3.8) is 0 Å². The average Bonchev–Trinajstić information content (AvgIpc) is 2.66. The van der Waals surface area contributed by atoms with E-state index in [-0.39, 0.29) is 6.61 Å². The molecule has 0 spiro atoms. The lowest BCUT2D eigenvalue weighted by Crippen LogP contribution is -1.85. The van der Waals surface area contributed by atoms with E-state index >= 15 is 0 Å². The van der Waals surface area contributed by atoms with Gasteiger partial charge in [-0.1, -0.05) is 31.9 Å². The van der Waals surface area contributed by atoms with Gasteiger partial charge in [-0.15, -0.1) is 0 Å². The Labute approximate surface area is 115 Å². The van der Waals surface area contributed by atoms with Crippen LogP contribution in [0.4, 0.5) is 0 Å². The number of hydrogen-bond acceptors (Lipinski definition) is 1. The highest BCUT2D eigenvalue weighted by molar-refractivity contribution is 9.10. The second-order valence-electron chi connectivity index (χ2n) is 3.96. The molecule has 0 saturated heterocycles. The van der Waals surface area contributed by atoms with Gasteiger partial charge in [-0.2, -0.15) is 0 Å². The van der Waals surface area contributed by atoms with Crippen molar-refractivity contribution in [1.29, 1.82) is 0 Å². The summed E-state index contributed by atoms with van der Waals surface area (Å²) >= 11 is 6.96. The Morgan fingerprint density at radius 1 is 1.00 bits per heavy atom. The maximum atomic E-state index is 9.39. The summed E-state index contributed by atoms with van der Waals surface area (Å²) in [5.41, 5.74) is 2.99. The van der Waals surface area contributed by atoms with E-state index in [4.69, 9.17) is 0 Å². The quantitative estimate of drug-likeness (QED) is 0.670. The molecule has 2 N–H and O–H groups in total. The third-order valence-corrected chi connectivity index (χ3v) is 3.84. The molecule has 3 rings (SSSR count). The van der Waals surface area contributed by atoms with Gasteiger partial charge < -0.3 is 10.1 Å². The van der Waals surface area contributed by atoms with Crippen LogP contribution in [-0.2, 0) is 6.61 Å². The zero-order valence-corrected chi connectivity index (χ0v) is 12.0. The Hall–Kier alpha value is -0.840. The van der Waals surface area contributed by atoms with E-state index in [0.717, 1.165) is 36.3 Å². The second kappa shape index (κ2) is 4.12. The lowest BCUT2D eigenvalue weighted by molar-refractivity contribution is 0.283. The Bertz CT molecular complexity index is 718. The first kappa shape index (κ1) is 11.3. The molecule has 2 nitrogen and oxygen atoms in total. The Balaban J connectivity index is 2.52. The van der Waals surface area contributed by atoms with E-state index < -0.39 is 0 Å². The Morgan fingerprint density at radius 2 is 1.76 bits per heavy atom. The maximum Gasteiger partial charge on any atom is 0.0702 e. The summed E-state index contributed by atoms with van der Waals surface area (Å²) < 4.78 is 2.03. The lowest BCUT2D eigenvalue weighted by Gasteiger charge is -2.00.